The molecule has 6 nitrogen and oxygen atoms in total. The highest BCUT2D eigenvalue weighted by atomic mass is 16.5. The summed E-state index contributed by atoms with van der Waals surface area (Å²) in [6, 6.07) is 11.4. The predicted octanol–water partition coefficient (Wildman–Crippen LogP) is 2.96. The molecular formula is C21H27N3O3. The standard InChI is InChI=1S/C21H27N3O3/c25-20(18-14-19(27-23-18)17-6-2-1-3-7-17)22-15-21(8-12-26-13-9-21)16-24-10-4-5-11-24/h1-3,6-7,14H,4-5,8-13,15-16H2,(H,22,25). The number of likely N-dealkylation sites (tertiary alicyclic amines) is 1. The van der Waals surface area contributed by atoms with Crippen molar-refractivity contribution in [2.45, 2.75) is 25.7 Å². The summed E-state index contributed by atoms with van der Waals surface area (Å²) < 4.78 is 10.9. The largest absolute Gasteiger partial charge is 0.381 e. The maximum atomic E-state index is 12.6. The van der Waals surface area contributed by atoms with E-state index in [0.29, 0.717) is 18.0 Å². The van der Waals surface area contributed by atoms with Crippen molar-refractivity contribution in [3.05, 3.63) is 42.1 Å². The lowest BCUT2D eigenvalue weighted by Gasteiger charge is -2.40. The molecule has 1 N–H and O–H groups in total. The lowest BCUT2D eigenvalue weighted by Crippen LogP contribution is -2.48. The van der Waals surface area contributed by atoms with Crippen molar-refractivity contribution in [3.8, 4) is 11.3 Å². The minimum atomic E-state index is -0.173. The molecule has 0 saturated carbocycles. The van der Waals surface area contributed by atoms with Gasteiger partial charge in [0.2, 0.25) is 0 Å². The van der Waals surface area contributed by atoms with Gasteiger partial charge in [-0.15, -0.1) is 0 Å². The fourth-order valence-electron chi connectivity index (χ4n) is 4.09. The fourth-order valence-corrected chi connectivity index (χ4v) is 4.09. The molecular weight excluding hydrogens is 342 g/mol. The monoisotopic (exact) mass is 369 g/mol. The van der Waals surface area contributed by atoms with Crippen LogP contribution in [0.2, 0.25) is 0 Å². The first-order valence-corrected chi connectivity index (χ1v) is 9.85. The predicted molar refractivity (Wildman–Crippen MR) is 102 cm³/mol. The van der Waals surface area contributed by atoms with Gasteiger partial charge in [0, 0.05) is 43.3 Å². The second-order valence-corrected chi connectivity index (χ2v) is 7.72. The minimum Gasteiger partial charge on any atom is -0.381 e. The molecule has 6 heteroatoms. The average Bonchev–Trinajstić information content (AvgIpc) is 3.40. The highest BCUT2D eigenvalue weighted by Crippen LogP contribution is 2.32. The SMILES string of the molecule is O=C(NCC1(CN2CCCC2)CCOCC1)c1cc(-c2ccccc2)on1. The molecule has 2 aromatic rings. The van der Waals surface area contributed by atoms with Crippen molar-refractivity contribution in [1.29, 1.82) is 0 Å². The van der Waals surface area contributed by atoms with Gasteiger partial charge < -0.3 is 19.5 Å². The zero-order chi connectivity index (χ0) is 18.5. The summed E-state index contributed by atoms with van der Waals surface area (Å²) in [5.41, 5.74) is 1.33. The number of benzene rings is 1. The van der Waals surface area contributed by atoms with Gasteiger partial charge in [-0.05, 0) is 38.8 Å². The minimum absolute atomic E-state index is 0.0875. The Morgan fingerprint density at radius 1 is 1.15 bits per heavy atom. The number of ether oxygens (including phenoxy) is 1. The first-order valence-electron chi connectivity index (χ1n) is 9.85. The maximum absolute atomic E-state index is 12.6. The van der Waals surface area contributed by atoms with E-state index in [1.807, 2.05) is 30.3 Å². The van der Waals surface area contributed by atoms with E-state index in [9.17, 15) is 4.79 Å². The van der Waals surface area contributed by atoms with Crippen LogP contribution in [0, 0.1) is 5.41 Å². The Labute approximate surface area is 159 Å². The summed E-state index contributed by atoms with van der Waals surface area (Å²) in [7, 11) is 0. The van der Waals surface area contributed by atoms with Crippen LogP contribution in [0.4, 0.5) is 0 Å². The van der Waals surface area contributed by atoms with Crippen molar-refractivity contribution < 1.29 is 14.1 Å². The van der Waals surface area contributed by atoms with Crippen LogP contribution in [-0.4, -0.2) is 55.4 Å². The van der Waals surface area contributed by atoms with E-state index >= 15 is 0 Å². The van der Waals surface area contributed by atoms with Crippen LogP contribution in [0.15, 0.2) is 40.9 Å². The van der Waals surface area contributed by atoms with Gasteiger partial charge in [-0.25, -0.2) is 0 Å². The molecule has 3 heterocycles. The highest BCUT2D eigenvalue weighted by molar-refractivity contribution is 5.93. The van der Waals surface area contributed by atoms with Gasteiger partial charge in [-0.3, -0.25) is 4.79 Å². The molecule has 2 aliphatic rings. The Balaban J connectivity index is 1.40. The van der Waals surface area contributed by atoms with Crippen molar-refractivity contribution in [1.82, 2.24) is 15.4 Å². The summed E-state index contributed by atoms with van der Waals surface area (Å²) in [5.74, 6) is 0.437. The molecule has 4 rings (SSSR count). The quantitative estimate of drug-likeness (QED) is 0.848. The van der Waals surface area contributed by atoms with Crippen LogP contribution >= 0.6 is 0 Å². The fraction of sp³-hybridized carbons (Fsp3) is 0.524. The van der Waals surface area contributed by atoms with E-state index in [4.69, 9.17) is 9.26 Å². The van der Waals surface area contributed by atoms with Gasteiger partial charge in [0.05, 0.1) is 0 Å². The number of nitrogens with zero attached hydrogens (tertiary/aromatic N) is 2. The second kappa shape index (κ2) is 8.23. The average molecular weight is 369 g/mol. The number of aromatic nitrogens is 1. The first-order chi connectivity index (χ1) is 13.2. The van der Waals surface area contributed by atoms with Gasteiger partial charge in [0.25, 0.3) is 5.91 Å². The van der Waals surface area contributed by atoms with Gasteiger partial charge in [-0.2, -0.15) is 0 Å². The van der Waals surface area contributed by atoms with Crippen molar-refractivity contribution in [2.24, 2.45) is 5.41 Å². The van der Waals surface area contributed by atoms with Gasteiger partial charge >= 0.3 is 0 Å². The molecule has 1 aromatic carbocycles. The van der Waals surface area contributed by atoms with E-state index in [0.717, 1.165) is 38.2 Å². The Kier molecular flexibility index (Phi) is 5.55. The summed E-state index contributed by atoms with van der Waals surface area (Å²) in [5, 5.41) is 7.06. The Morgan fingerprint density at radius 2 is 1.89 bits per heavy atom. The molecule has 144 valence electrons. The molecule has 0 atom stereocenters. The van der Waals surface area contributed by atoms with Crippen LogP contribution < -0.4 is 5.32 Å². The molecule has 2 aliphatic heterocycles. The van der Waals surface area contributed by atoms with Crippen molar-refractivity contribution >= 4 is 5.91 Å². The highest BCUT2D eigenvalue weighted by Gasteiger charge is 2.35. The van der Waals surface area contributed by atoms with Crippen LogP contribution in [0.5, 0.6) is 0 Å². The van der Waals surface area contributed by atoms with Crippen LogP contribution in [0.25, 0.3) is 11.3 Å². The molecule has 0 bridgehead atoms. The summed E-state index contributed by atoms with van der Waals surface area (Å²) in [6.45, 7) is 5.56. The summed E-state index contributed by atoms with van der Waals surface area (Å²) in [4.78, 5) is 15.2. The van der Waals surface area contributed by atoms with E-state index in [1.54, 1.807) is 6.07 Å². The molecule has 1 amide bonds. The number of carbonyl (C=O) groups is 1. The Morgan fingerprint density at radius 3 is 2.63 bits per heavy atom. The third kappa shape index (κ3) is 4.39. The number of carbonyl (C=O) groups excluding carboxylic acids is 1. The molecule has 2 saturated heterocycles. The van der Waals surface area contributed by atoms with E-state index < -0.39 is 0 Å². The summed E-state index contributed by atoms with van der Waals surface area (Å²) in [6.07, 6.45) is 4.52. The molecule has 0 spiro atoms. The van der Waals surface area contributed by atoms with E-state index in [2.05, 4.69) is 15.4 Å². The van der Waals surface area contributed by atoms with Gasteiger partial charge in [0.1, 0.15) is 0 Å². The zero-order valence-electron chi connectivity index (χ0n) is 15.7. The number of amides is 1. The number of hydrogen-bond donors (Lipinski definition) is 1. The number of nitrogens with one attached hydrogen (secondary N) is 1. The van der Waals surface area contributed by atoms with E-state index in [-0.39, 0.29) is 11.3 Å². The second-order valence-electron chi connectivity index (χ2n) is 7.72. The topological polar surface area (TPSA) is 67.6 Å². The number of hydrogen-bond acceptors (Lipinski definition) is 5. The van der Waals surface area contributed by atoms with Crippen molar-refractivity contribution in [3.63, 3.8) is 0 Å². The van der Waals surface area contributed by atoms with E-state index in [1.165, 1.54) is 25.9 Å². The van der Waals surface area contributed by atoms with Crippen LogP contribution in [-0.2, 0) is 4.74 Å². The molecule has 0 unspecified atom stereocenters. The van der Waals surface area contributed by atoms with Gasteiger partial charge in [-0.1, -0.05) is 35.5 Å². The smallest absolute Gasteiger partial charge is 0.273 e. The molecule has 1 aromatic heterocycles. The Hall–Kier alpha value is -2.18. The van der Waals surface area contributed by atoms with Crippen LogP contribution in [0.1, 0.15) is 36.2 Å². The third-order valence-electron chi connectivity index (χ3n) is 5.74. The molecule has 2 fully saturated rings. The first kappa shape index (κ1) is 18.2. The molecule has 0 aliphatic carbocycles. The lowest BCUT2D eigenvalue weighted by molar-refractivity contribution is -0.000670. The zero-order valence-corrected chi connectivity index (χ0v) is 15.7. The van der Waals surface area contributed by atoms with Crippen molar-refractivity contribution in [2.75, 3.05) is 39.4 Å². The third-order valence-corrected chi connectivity index (χ3v) is 5.74. The number of rotatable bonds is 6. The maximum Gasteiger partial charge on any atom is 0.273 e. The molecule has 27 heavy (non-hydrogen) atoms. The lowest BCUT2D eigenvalue weighted by atomic mass is 9.79. The normalized spacial score (nSPS) is 19.9. The summed E-state index contributed by atoms with van der Waals surface area (Å²) >= 11 is 0. The Bertz CT molecular complexity index is 747. The van der Waals surface area contributed by atoms with Crippen LogP contribution in [0.3, 0.4) is 0 Å². The van der Waals surface area contributed by atoms with Gasteiger partial charge in [0.15, 0.2) is 11.5 Å². The molecule has 0 radical (unpaired) electrons.